The highest BCUT2D eigenvalue weighted by molar-refractivity contribution is 6.03. The summed E-state index contributed by atoms with van der Waals surface area (Å²) in [4.78, 5) is 48.8. The minimum Gasteiger partial charge on any atom is -0.448 e. The number of unbranched alkanes of at least 4 members (excludes halogenated alkanes) is 2. The smallest absolute Gasteiger partial charge is 0.360 e. The van der Waals surface area contributed by atoms with Crippen LogP contribution in [0.15, 0.2) is 29.1 Å². The van der Waals surface area contributed by atoms with Gasteiger partial charge in [0.2, 0.25) is 0 Å². The quantitative estimate of drug-likeness (QED) is 0.515. The van der Waals surface area contributed by atoms with E-state index in [0.29, 0.717) is 23.9 Å². The van der Waals surface area contributed by atoms with Gasteiger partial charge in [-0.2, -0.15) is 5.10 Å². The van der Waals surface area contributed by atoms with E-state index in [1.165, 1.54) is 11.6 Å². The minimum atomic E-state index is -1.22. The second-order valence-corrected chi connectivity index (χ2v) is 6.53. The van der Waals surface area contributed by atoms with Crippen molar-refractivity contribution in [2.45, 2.75) is 52.7 Å². The normalized spacial score (nSPS) is 11.7. The van der Waals surface area contributed by atoms with Crippen LogP contribution in [0.25, 0.3) is 10.8 Å². The van der Waals surface area contributed by atoms with Crippen molar-refractivity contribution in [3.8, 4) is 0 Å². The van der Waals surface area contributed by atoms with E-state index < -0.39 is 24.0 Å². The van der Waals surface area contributed by atoms with Gasteiger partial charge < -0.3 is 10.1 Å². The average molecular weight is 402 g/mol. The van der Waals surface area contributed by atoms with Gasteiger partial charge >= 0.3 is 12.0 Å². The Bertz CT molecular complexity index is 954. The number of hydrogen-bond donors (Lipinski definition) is 2. The Hall–Kier alpha value is -3.23. The summed E-state index contributed by atoms with van der Waals surface area (Å²) in [7, 11) is 0. The molecule has 0 radical (unpaired) electrons. The van der Waals surface area contributed by atoms with E-state index in [1.54, 1.807) is 31.2 Å². The monoisotopic (exact) mass is 402 g/mol. The minimum absolute atomic E-state index is 0.0469. The summed E-state index contributed by atoms with van der Waals surface area (Å²) in [5, 5.41) is 9.40. The lowest BCUT2D eigenvalue weighted by Crippen LogP contribution is -2.44. The van der Waals surface area contributed by atoms with Gasteiger partial charge in [-0.1, -0.05) is 38.0 Å². The van der Waals surface area contributed by atoms with Crippen LogP contribution < -0.4 is 16.2 Å². The molecule has 9 nitrogen and oxygen atoms in total. The summed E-state index contributed by atoms with van der Waals surface area (Å²) in [6.45, 7) is 5.84. The molecule has 0 aliphatic carbocycles. The van der Waals surface area contributed by atoms with Crippen molar-refractivity contribution in [1.29, 1.82) is 0 Å². The highest BCUT2D eigenvalue weighted by Crippen LogP contribution is 2.15. The first-order chi connectivity index (χ1) is 13.9. The van der Waals surface area contributed by atoms with Crippen molar-refractivity contribution in [2.24, 2.45) is 0 Å². The first-order valence-electron chi connectivity index (χ1n) is 9.68. The molecule has 3 amide bonds. The van der Waals surface area contributed by atoms with Crippen LogP contribution >= 0.6 is 0 Å². The number of esters is 1. The number of aromatic nitrogens is 2. The molecule has 2 N–H and O–H groups in total. The maximum atomic E-state index is 12.7. The lowest BCUT2D eigenvalue weighted by atomic mass is 10.1. The molecule has 0 spiro atoms. The number of nitrogens with zero attached hydrogens (tertiary/aromatic N) is 2. The molecule has 0 bridgehead atoms. The molecule has 29 heavy (non-hydrogen) atoms. The average Bonchev–Trinajstić information content (AvgIpc) is 2.69. The molecule has 1 atom stereocenters. The molecular formula is C20H26N4O5. The van der Waals surface area contributed by atoms with Gasteiger partial charge in [0.1, 0.15) is 0 Å². The maximum Gasteiger partial charge on any atom is 0.360 e. The van der Waals surface area contributed by atoms with Crippen LogP contribution in [0.2, 0.25) is 0 Å². The number of nitrogens with one attached hydrogen (secondary N) is 2. The number of fused-ring (bicyclic) bond motifs is 1. The topological polar surface area (TPSA) is 119 Å². The Morgan fingerprint density at radius 3 is 2.48 bits per heavy atom. The van der Waals surface area contributed by atoms with Crippen LogP contribution in [0.5, 0.6) is 0 Å². The number of carbonyl (C=O) groups is 3. The number of benzene rings is 1. The highest BCUT2D eigenvalue weighted by Gasteiger charge is 2.24. The SMILES string of the molecule is CCCCCn1nc(C(=O)O[C@H](C)C(=O)NC(=O)NCC)c2ccccc2c1=O. The predicted molar refractivity (Wildman–Crippen MR) is 108 cm³/mol. The van der Waals surface area contributed by atoms with Gasteiger partial charge in [-0.3, -0.25) is 14.9 Å². The van der Waals surface area contributed by atoms with Crippen LogP contribution in [-0.4, -0.2) is 40.3 Å². The lowest BCUT2D eigenvalue weighted by Gasteiger charge is -2.14. The number of imide groups is 1. The molecule has 0 saturated carbocycles. The van der Waals surface area contributed by atoms with Crippen LogP contribution in [-0.2, 0) is 16.1 Å². The van der Waals surface area contributed by atoms with E-state index in [-0.39, 0.29) is 11.3 Å². The van der Waals surface area contributed by atoms with Crippen molar-refractivity contribution >= 4 is 28.7 Å². The van der Waals surface area contributed by atoms with Gasteiger partial charge in [0.05, 0.1) is 5.39 Å². The van der Waals surface area contributed by atoms with E-state index in [2.05, 4.69) is 15.7 Å². The van der Waals surface area contributed by atoms with Crippen molar-refractivity contribution < 1.29 is 19.1 Å². The molecule has 156 valence electrons. The molecule has 0 unspecified atom stereocenters. The highest BCUT2D eigenvalue weighted by atomic mass is 16.5. The zero-order valence-corrected chi connectivity index (χ0v) is 16.9. The van der Waals surface area contributed by atoms with Gasteiger partial charge in [-0.05, 0) is 26.3 Å². The van der Waals surface area contributed by atoms with Crippen molar-refractivity contribution in [1.82, 2.24) is 20.4 Å². The summed E-state index contributed by atoms with van der Waals surface area (Å²) < 4.78 is 6.45. The fourth-order valence-corrected chi connectivity index (χ4v) is 2.74. The number of carbonyl (C=O) groups excluding carboxylic acids is 3. The second kappa shape index (κ2) is 10.4. The molecule has 0 saturated heterocycles. The summed E-state index contributed by atoms with van der Waals surface area (Å²) in [5.41, 5.74) is -0.329. The van der Waals surface area contributed by atoms with E-state index >= 15 is 0 Å². The molecule has 9 heteroatoms. The predicted octanol–water partition coefficient (Wildman–Crippen LogP) is 1.98. The van der Waals surface area contributed by atoms with Gasteiger partial charge in [0.15, 0.2) is 11.8 Å². The van der Waals surface area contributed by atoms with Gasteiger partial charge in [0.25, 0.3) is 11.5 Å². The molecule has 1 aromatic carbocycles. The largest absolute Gasteiger partial charge is 0.448 e. The molecule has 0 aliphatic rings. The van der Waals surface area contributed by atoms with E-state index in [0.717, 1.165) is 19.3 Å². The Balaban J connectivity index is 2.27. The van der Waals surface area contributed by atoms with Crippen LogP contribution in [0.3, 0.4) is 0 Å². The number of aryl methyl sites for hydroxylation is 1. The molecular weight excluding hydrogens is 376 g/mol. The first-order valence-corrected chi connectivity index (χ1v) is 9.68. The van der Waals surface area contributed by atoms with E-state index in [9.17, 15) is 19.2 Å². The molecule has 1 aromatic heterocycles. The Kier molecular flexibility index (Phi) is 7.88. The van der Waals surface area contributed by atoms with Crippen molar-refractivity contribution in [3.63, 3.8) is 0 Å². The Morgan fingerprint density at radius 1 is 1.14 bits per heavy atom. The third-order valence-corrected chi connectivity index (χ3v) is 4.26. The van der Waals surface area contributed by atoms with Gasteiger partial charge in [-0.25, -0.2) is 14.3 Å². The zero-order valence-electron chi connectivity index (χ0n) is 16.9. The molecule has 0 fully saturated rings. The standard InChI is InChI=1S/C20H26N4O5/c1-4-6-9-12-24-18(26)15-11-8-7-10-14(15)16(23-24)19(27)29-13(3)17(25)22-20(28)21-5-2/h7-8,10-11,13H,4-6,9,12H2,1-3H3,(H2,21,22,25,28)/t13-/m1/s1. The van der Waals surface area contributed by atoms with Crippen LogP contribution in [0.4, 0.5) is 4.79 Å². The first kappa shape index (κ1) is 22.1. The van der Waals surface area contributed by atoms with Crippen molar-refractivity contribution in [3.05, 3.63) is 40.3 Å². The number of rotatable bonds is 8. The molecule has 2 rings (SSSR count). The number of ether oxygens (including phenoxy) is 1. The maximum absolute atomic E-state index is 12.7. The van der Waals surface area contributed by atoms with Gasteiger partial charge in [-0.15, -0.1) is 0 Å². The molecule has 2 aromatic rings. The summed E-state index contributed by atoms with van der Waals surface area (Å²) in [5.74, 6) is -1.60. The molecule has 0 aliphatic heterocycles. The summed E-state index contributed by atoms with van der Waals surface area (Å²) >= 11 is 0. The third-order valence-electron chi connectivity index (χ3n) is 4.26. The van der Waals surface area contributed by atoms with E-state index in [4.69, 9.17) is 4.74 Å². The van der Waals surface area contributed by atoms with Gasteiger partial charge in [0, 0.05) is 18.5 Å². The second-order valence-electron chi connectivity index (χ2n) is 6.53. The Labute approximate surface area is 168 Å². The number of hydrogen-bond acceptors (Lipinski definition) is 6. The zero-order chi connectivity index (χ0) is 21.4. The fourth-order valence-electron chi connectivity index (χ4n) is 2.74. The van der Waals surface area contributed by atoms with Crippen molar-refractivity contribution in [2.75, 3.05) is 6.54 Å². The third kappa shape index (κ3) is 5.63. The number of urea groups is 1. The molecule has 1 heterocycles. The van der Waals surface area contributed by atoms with Crippen LogP contribution in [0.1, 0.15) is 50.5 Å². The summed E-state index contributed by atoms with van der Waals surface area (Å²) in [6, 6.07) is 5.95. The lowest BCUT2D eigenvalue weighted by molar-refractivity contribution is -0.127. The number of amides is 3. The van der Waals surface area contributed by atoms with E-state index in [1.807, 2.05) is 6.92 Å². The fraction of sp³-hybridized carbons (Fsp3) is 0.450. The summed E-state index contributed by atoms with van der Waals surface area (Å²) in [6.07, 6.45) is 1.44. The Morgan fingerprint density at radius 2 is 1.83 bits per heavy atom. The van der Waals surface area contributed by atoms with Crippen LogP contribution in [0, 0.1) is 0 Å².